The summed E-state index contributed by atoms with van der Waals surface area (Å²) < 4.78 is 17.9. The fraction of sp³-hybridized carbons (Fsp3) is 0.200. The van der Waals surface area contributed by atoms with Crippen LogP contribution in [0.2, 0.25) is 10.0 Å². The number of thiazole rings is 1. The molecule has 0 amide bonds. The summed E-state index contributed by atoms with van der Waals surface area (Å²) in [6.45, 7) is 0. The molecule has 0 saturated carbocycles. The van der Waals surface area contributed by atoms with Crippen molar-refractivity contribution in [3.63, 3.8) is 0 Å². The van der Waals surface area contributed by atoms with E-state index >= 15 is 0 Å². The molecule has 0 aliphatic rings. The third-order valence-electron chi connectivity index (χ3n) is 4.10. The van der Waals surface area contributed by atoms with Gasteiger partial charge >= 0.3 is 0 Å². The van der Waals surface area contributed by atoms with Crippen LogP contribution in [-0.4, -0.2) is 39.3 Å². The number of aromatic nitrogens is 1. The van der Waals surface area contributed by atoms with Crippen LogP contribution < -0.4 is 19.0 Å². The first kappa shape index (κ1) is 21.2. The Labute approximate surface area is 182 Å². The van der Waals surface area contributed by atoms with E-state index in [1.807, 2.05) is 23.6 Å². The zero-order valence-electron chi connectivity index (χ0n) is 16.3. The van der Waals surface area contributed by atoms with Gasteiger partial charge in [0.15, 0.2) is 11.5 Å². The van der Waals surface area contributed by atoms with Crippen molar-refractivity contribution >= 4 is 40.8 Å². The molecule has 3 aromatic rings. The van der Waals surface area contributed by atoms with Gasteiger partial charge in [0, 0.05) is 23.6 Å². The molecule has 0 N–H and O–H groups in total. The number of hydrogen-bond donors (Lipinski definition) is 0. The van der Waals surface area contributed by atoms with Crippen molar-refractivity contribution in [1.82, 2.24) is 4.68 Å². The second kappa shape index (κ2) is 9.35. The molecule has 0 aliphatic heterocycles. The fourth-order valence-electron chi connectivity index (χ4n) is 2.72. The second-order valence-corrected chi connectivity index (χ2v) is 7.42. The van der Waals surface area contributed by atoms with E-state index in [4.69, 9.17) is 37.4 Å². The number of rotatable bonds is 6. The van der Waals surface area contributed by atoms with E-state index in [9.17, 15) is 0 Å². The Morgan fingerprint density at radius 1 is 0.966 bits per heavy atom. The van der Waals surface area contributed by atoms with Gasteiger partial charge in [-0.15, -0.1) is 11.3 Å². The molecule has 0 unspecified atom stereocenters. The Bertz CT molecular complexity index is 1100. The summed E-state index contributed by atoms with van der Waals surface area (Å²) in [5.74, 6) is 1.62. The minimum atomic E-state index is 0.477. The minimum absolute atomic E-state index is 0.477. The van der Waals surface area contributed by atoms with Crippen LogP contribution in [0.5, 0.6) is 17.2 Å². The number of hydrogen-bond acceptors (Lipinski definition) is 6. The van der Waals surface area contributed by atoms with Crippen LogP contribution in [0, 0.1) is 0 Å². The maximum Gasteiger partial charge on any atom is 0.205 e. The summed E-state index contributed by atoms with van der Waals surface area (Å²) in [5.41, 5.74) is 2.51. The quantitative estimate of drug-likeness (QED) is 0.497. The number of nitrogens with zero attached hydrogens (tertiary/aromatic N) is 3. The van der Waals surface area contributed by atoms with Crippen LogP contribution in [0.1, 0.15) is 5.56 Å². The van der Waals surface area contributed by atoms with E-state index in [1.165, 1.54) is 11.3 Å². The SMILES string of the molecule is CN=c1scc(-c2ccc(Cl)c(Cl)c2)n1N=Cc1cc(OC)c(OC)c(OC)c1. The lowest BCUT2D eigenvalue weighted by atomic mass is 10.2. The van der Waals surface area contributed by atoms with E-state index in [2.05, 4.69) is 10.1 Å². The summed E-state index contributed by atoms with van der Waals surface area (Å²) in [4.78, 5) is 5.03. The van der Waals surface area contributed by atoms with E-state index in [1.54, 1.807) is 51.4 Å². The number of benzene rings is 2. The van der Waals surface area contributed by atoms with Crippen LogP contribution in [0.4, 0.5) is 0 Å². The van der Waals surface area contributed by atoms with E-state index in [0.29, 0.717) is 27.3 Å². The molecule has 0 bridgehead atoms. The zero-order chi connectivity index (χ0) is 21.0. The minimum Gasteiger partial charge on any atom is -0.493 e. The molecule has 1 aromatic heterocycles. The van der Waals surface area contributed by atoms with Crippen molar-refractivity contribution in [2.24, 2.45) is 10.1 Å². The van der Waals surface area contributed by atoms with Gasteiger partial charge in [-0.3, -0.25) is 4.99 Å². The molecule has 0 aliphatic carbocycles. The van der Waals surface area contributed by atoms with Crippen LogP contribution in [0.25, 0.3) is 11.3 Å². The fourth-order valence-corrected chi connectivity index (χ4v) is 3.82. The van der Waals surface area contributed by atoms with Crippen molar-refractivity contribution in [2.75, 3.05) is 28.4 Å². The predicted octanol–water partition coefficient (Wildman–Crippen LogP) is 4.96. The van der Waals surface area contributed by atoms with Crippen LogP contribution in [0.3, 0.4) is 0 Å². The smallest absolute Gasteiger partial charge is 0.205 e. The standard InChI is InChI=1S/C20H19Cl2N3O3S/c1-23-20-25(16(11-29-20)13-5-6-14(21)15(22)9-13)24-10-12-7-17(26-2)19(28-4)18(8-12)27-3/h5-11H,1-4H3. The third kappa shape index (κ3) is 4.42. The van der Waals surface area contributed by atoms with Gasteiger partial charge in [0.2, 0.25) is 10.6 Å². The highest BCUT2D eigenvalue weighted by molar-refractivity contribution is 7.07. The van der Waals surface area contributed by atoms with Gasteiger partial charge in [-0.25, -0.2) is 4.68 Å². The molecule has 1 heterocycles. The van der Waals surface area contributed by atoms with Gasteiger partial charge in [-0.2, -0.15) is 5.10 Å². The van der Waals surface area contributed by atoms with Gasteiger partial charge in [-0.1, -0.05) is 29.3 Å². The van der Waals surface area contributed by atoms with Crippen molar-refractivity contribution in [2.45, 2.75) is 0 Å². The van der Waals surface area contributed by atoms with Crippen LogP contribution in [-0.2, 0) is 0 Å². The second-order valence-electron chi connectivity index (χ2n) is 5.77. The first-order chi connectivity index (χ1) is 14.0. The molecule has 0 saturated heterocycles. The van der Waals surface area contributed by atoms with E-state index in [0.717, 1.165) is 21.6 Å². The van der Waals surface area contributed by atoms with Gasteiger partial charge in [-0.05, 0) is 24.3 Å². The van der Waals surface area contributed by atoms with Crippen LogP contribution >= 0.6 is 34.5 Å². The highest BCUT2D eigenvalue weighted by Gasteiger charge is 2.13. The van der Waals surface area contributed by atoms with Gasteiger partial charge < -0.3 is 14.2 Å². The Morgan fingerprint density at radius 2 is 1.66 bits per heavy atom. The molecule has 6 nitrogen and oxygen atoms in total. The molecular formula is C20H19Cl2N3O3S. The molecule has 3 rings (SSSR count). The lowest BCUT2D eigenvalue weighted by Gasteiger charge is -2.12. The number of halogens is 2. The Hall–Kier alpha value is -2.48. The average molecular weight is 452 g/mol. The van der Waals surface area contributed by atoms with Crippen molar-refractivity contribution in [3.8, 4) is 28.5 Å². The molecule has 9 heteroatoms. The molecule has 29 heavy (non-hydrogen) atoms. The monoisotopic (exact) mass is 451 g/mol. The Morgan fingerprint density at radius 3 is 2.21 bits per heavy atom. The van der Waals surface area contributed by atoms with E-state index < -0.39 is 0 Å². The third-order valence-corrected chi connectivity index (χ3v) is 5.75. The normalized spacial score (nSPS) is 11.9. The lowest BCUT2D eigenvalue weighted by molar-refractivity contribution is 0.324. The highest BCUT2D eigenvalue weighted by Crippen LogP contribution is 2.37. The predicted molar refractivity (Wildman–Crippen MR) is 118 cm³/mol. The summed E-state index contributed by atoms with van der Waals surface area (Å²) in [7, 11) is 6.42. The number of methoxy groups -OCH3 is 3. The first-order valence-electron chi connectivity index (χ1n) is 8.45. The molecular weight excluding hydrogens is 433 g/mol. The Balaban J connectivity index is 2.08. The molecule has 152 valence electrons. The summed E-state index contributed by atoms with van der Waals surface area (Å²) in [6, 6.07) is 9.09. The zero-order valence-corrected chi connectivity index (χ0v) is 18.6. The van der Waals surface area contributed by atoms with E-state index in [-0.39, 0.29) is 0 Å². The molecule has 0 radical (unpaired) electrons. The van der Waals surface area contributed by atoms with Gasteiger partial charge in [0.25, 0.3) is 0 Å². The summed E-state index contributed by atoms with van der Waals surface area (Å²) >= 11 is 13.7. The largest absolute Gasteiger partial charge is 0.493 e. The first-order valence-corrected chi connectivity index (χ1v) is 10.1. The summed E-state index contributed by atoms with van der Waals surface area (Å²) in [6.07, 6.45) is 1.70. The summed E-state index contributed by atoms with van der Waals surface area (Å²) in [5, 5.41) is 7.56. The molecule has 0 spiro atoms. The average Bonchev–Trinajstić information content (AvgIpc) is 3.16. The van der Waals surface area contributed by atoms with Crippen LogP contribution in [0.15, 0.2) is 45.8 Å². The van der Waals surface area contributed by atoms with Gasteiger partial charge in [0.05, 0.1) is 43.3 Å². The maximum absolute atomic E-state index is 6.19. The highest BCUT2D eigenvalue weighted by atomic mass is 35.5. The number of ether oxygens (including phenoxy) is 3. The molecule has 0 fully saturated rings. The molecule has 0 atom stereocenters. The van der Waals surface area contributed by atoms with Gasteiger partial charge in [0.1, 0.15) is 0 Å². The van der Waals surface area contributed by atoms with Crippen molar-refractivity contribution in [3.05, 3.63) is 56.1 Å². The topological polar surface area (TPSA) is 57.3 Å². The Kier molecular flexibility index (Phi) is 6.84. The van der Waals surface area contributed by atoms with Crippen molar-refractivity contribution in [1.29, 1.82) is 0 Å². The molecule has 2 aromatic carbocycles. The lowest BCUT2D eigenvalue weighted by Crippen LogP contribution is -2.11. The van der Waals surface area contributed by atoms with Crippen molar-refractivity contribution < 1.29 is 14.2 Å². The maximum atomic E-state index is 6.19.